The highest BCUT2D eigenvalue weighted by atomic mass is 19.1. The number of phenols is 1. The molecular weight excluding hydrogens is 283 g/mol. The number of allylic oxidation sites excluding steroid dienone is 4. The minimum Gasteiger partial charge on any atom is -0.508 e. The fourth-order valence-electron chi connectivity index (χ4n) is 2.58. The predicted molar refractivity (Wildman–Crippen MR) is 84.7 cm³/mol. The minimum atomic E-state index is -1.01. The molecule has 0 bridgehead atoms. The molecule has 1 aromatic carbocycles. The van der Waals surface area contributed by atoms with Gasteiger partial charge in [0.05, 0.1) is 10.9 Å². The molecule has 5 heteroatoms. The number of hydrogen-bond donors (Lipinski definition) is 1. The second-order valence-electron chi connectivity index (χ2n) is 5.71. The van der Waals surface area contributed by atoms with Crippen molar-refractivity contribution in [1.29, 1.82) is 0 Å². The number of aromatic nitrogens is 2. The molecule has 0 aliphatic heterocycles. The van der Waals surface area contributed by atoms with E-state index in [9.17, 15) is 14.3 Å². The molecule has 1 N–H and O–H groups in total. The van der Waals surface area contributed by atoms with Gasteiger partial charge in [-0.2, -0.15) is 0 Å². The minimum absolute atomic E-state index is 0.0110. The van der Waals surface area contributed by atoms with Gasteiger partial charge in [0.1, 0.15) is 17.7 Å². The highest BCUT2D eigenvalue weighted by molar-refractivity contribution is 5.80. The zero-order chi connectivity index (χ0) is 15.9. The van der Waals surface area contributed by atoms with Crippen LogP contribution in [-0.2, 0) is 0 Å². The third-order valence-electron chi connectivity index (χ3n) is 3.68. The average Bonchev–Trinajstić information content (AvgIpc) is 2.48. The Balaban J connectivity index is 2.31. The number of rotatable bonds is 2. The Morgan fingerprint density at radius 1 is 1.41 bits per heavy atom. The predicted octanol–water partition coefficient (Wildman–Crippen LogP) is 3.36. The molecule has 1 unspecified atom stereocenters. The van der Waals surface area contributed by atoms with Gasteiger partial charge in [0.2, 0.25) is 0 Å². The summed E-state index contributed by atoms with van der Waals surface area (Å²) in [6.45, 7) is 3.88. The van der Waals surface area contributed by atoms with E-state index in [1.54, 1.807) is 18.2 Å². The van der Waals surface area contributed by atoms with Gasteiger partial charge in [-0.25, -0.2) is 9.37 Å². The fraction of sp³-hybridized carbons (Fsp3) is 0.294. The number of nitrogens with zero attached hydrogens (tertiary/aromatic N) is 2. The van der Waals surface area contributed by atoms with Crippen molar-refractivity contribution < 1.29 is 9.50 Å². The monoisotopic (exact) mass is 300 g/mol. The van der Waals surface area contributed by atoms with Gasteiger partial charge in [0, 0.05) is 24.1 Å². The van der Waals surface area contributed by atoms with E-state index in [0.29, 0.717) is 22.4 Å². The van der Waals surface area contributed by atoms with Crippen LogP contribution in [0.25, 0.3) is 16.6 Å². The van der Waals surface area contributed by atoms with Crippen LogP contribution in [0.2, 0.25) is 0 Å². The van der Waals surface area contributed by atoms with Crippen LogP contribution in [0.15, 0.2) is 41.2 Å². The third kappa shape index (κ3) is 2.43. The second kappa shape index (κ2) is 5.40. The lowest BCUT2D eigenvalue weighted by Gasteiger charge is -2.19. The molecule has 0 saturated heterocycles. The lowest BCUT2D eigenvalue weighted by Crippen LogP contribution is -2.26. The van der Waals surface area contributed by atoms with Crippen molar-refractivity contribution in [2.45, 2.75) is 32.4 Å². The van der Waals surface area contributed by atoms with Gasteiger partial charge in [-0.15, -0.1) is 0 Å². The second-order valence-corrected chi connectivity index (χ2v) is 5.71. The maximum absolute atomic E-state index is 13.3. The van der Waals surface area contributed by atoms with E-state index in [-0.39, 0.29) is 23.6 Å². The molecule has 1 aliphatic rings. The highest BCUT2D eigenvalue weighted by Crippen LogP contribution is 2.23. The molecule has 3 rings (SSSR count). The zero-order valence-corrected chi connectivity index (χ0v) is 12.5. The number of fused-ring (bicyclic) bond motifs is 1. The van der Waals surface area contributed by atoms with Crippen molar-refractivity contribution in [3.05, 3.63) is 52.6 Å². The zero-order valence-electron chi connectivity index (χ0n) is 12.5. The lowest BCUT2D eigenvalue weighted by atomic mass is 10.1. The molecule has 4 nitrogen and oxygen atoms in total. The molecule has 0 spiro atoms. The molecule has 114 valence electrons. The summed E-state index contributed by atoms with van der Waals surface area (Å²) in [5.74, 6) is 0.678. The average molecular weight is 300 g/mol. The first-order valence-corrected chi connectivity index (χ1v) is 7.26. The van der Waals surface area contributed by atoms with Crippen LogP contribution in [0.3, 0.4) is 0 Å². The van der Waals surface area contributed by atoms with Crippen molar-refractivity contribution >= 4 is 16.6 Å². The van der Waals surface area contributed by atoms with Gasteiger partial charge >= 0.3 is 0 Å². The Bertz CT molecular complexity index is 850. The highest BCUT2D eigenvalue weighted by Gasteiger charge is 2.18. The van der Waals surface area contributed by atoms with Crippen molar-refractivity contribution in [2.24, 2.45) is 0 Å². The lowest BCUT2D eigenvalue weighted by molar-refractivity contribution is 0.401. The molecule has 0 fully saturated rings. The number of hydrogen-bond acceptors (Lipinski definition) is 3. The molecule has 1 aromatic heterocycles. The summed E-state index contributed by atoms with van der Waals surface area (Å²) in [6, 6.07) is 4.51. The first-order chi connectivity index (χ1) is 10.5. The van der Waals surface area contributed by atoms with Crippen LogP contribution in [0, 0.1) is 0 Å². The topological polar surface area (TPSA) is 55.1 Å². The number of aromatic hydroxyl groups is 1. The quantitative estimate of drug-likeness (QED) is 0.925. The van der Waals surface area contributed by atoms with E-state index in [4.69, 9.17) is 0 Å². The van der Waals surface area contributed by atoms with E-state index >= 15 is 0 Å². The van der Waals surface area contributed by atoms with Gasteiger partial charge < -0.3 is 5.11 Å². The molecule has 1 atom stereocenters. The Morgan fingerprint density at radius 3 is 2.82 bits per heavy atom. The van der Waals surface area contributed by atoms with Crippen molar-refractivity contribution in [2.75, 3.05) is 0 Å². The van der Waals surface area contributed by atoms with E-state index in [1.165, 1.54) is 22.8 Å². The fourth-order valence-corrected chi connectivity index (χ4v) is 2.58. The van der Waals surface area contributed by atoms with E-state index in [1.807, 2.05) is 13.8 Å². The van der Waals surface area contributed by atoms with Gasteiger partial charge in [-0.3, -0.25) is 9.36 Å². The summed E-state index contributed by atoms with van der Waals surface area (Å²) in [5.41, 5.74) is 0.903. The smallest absolute Gasteiger partial charge is 0.265 e. The van der Waals surface area contributed by atoms with Crippen LogP contribution in [0.4, 0.5) is 4.39 Å². The summed E-state index contributed by atoms with van der Waals surface area (Å²) in [5, 5.41) is 10.0. The van der Waals surface area contributed by atoms with Gasteiger partial charge in [0.25, 0.3) is 5.56 Å². The first-order valence-electron chi connectivity index (χ1n) is 7.26. The molecule has 22 heavy (non-hydrogen) atoms. The maximum Gasteiger partial charge on any atom is 0.265 e. The van der Waals surface area contributed by atoms with Crippen LogP contribution in [0.1, 0.15) is 32.0 Å². The van der Waals surface area contributed by atoms with Crippen molar-refractivity contribution in [3.8, 4) is 5.75 Å². The van der Waals surface area contributed by atoms with Gasteiger partial charge in [-0.1, -0.05) is 19.9 Å². The summed E-state index contributed by atoms with van der Waals surface area (Å²) in [6.07, 6.45) is 4.03. The molecular formula is C17H17FN2O2. The summed E-state index contributed by atoms with van der Waals surface area (Å²) in [7, 11) is 0. The van der Waals surface area contributed by atoms with Crippen LogP contribution < -0.4 is 5.56 Å². The Morgan fingerprint density at radius 2 is 2.18 bits per heavy atom. The summed E-state index contributed by atoms with van der Waals surface area (Å²) in [4.78, 5) is 17.3. The Hall–Kier alpha value is -2.43. The number of halogens is 1. The molecule has 0 radical (unpaired) electrons. The standard InChI is InChI=1S/C17H17FN2O2/c1-10(2)16-19-15-9-13(21)7-8-14(15)17(22)20(16)12-5-3-11(18)4-6-12/h3,5-11,21H,4H2,1-2H3. The molecule has 1 aliphatic carbocycles. The number of alkyl halides is 1. The van der Waals surface area contributed by atoms with Crippen molar-refractivity contribution in [1.82, 2.24) is 9.55 Å². The van der Waals surface area contributed by atoms with Crippen LogP contribution in [0.5, 0.6) is 5.75 Å². The maximum atomic E-state index is 13.3. The number of phenolic OH excluding ortho intramolecular Hbond substituents is 1. The molecule has 0 amide bonds. The largest absolute Gasteiger partial charge is 0.508 e. The summed E-state index contributed by atoms with van der Waals surface area (Å²) >= 11 is 0. The van der Waals surface area contributed by atoms with E-state index in [0.717, 1.165) is 0 Å². The SMILES string of the molecule is CC(C)c1nc2cc(O)ccc2c(=O)n1C1=CCC(F)C=C1. The first kappa shape index (κ1) is 14.5. The van der Waals surface area contributed by atoms with E-state index in [2.05, 4.69) is 4.98 Å². The molecule has 2 aromatic rings. The number of benzene rings is 1. The third-order valence-corrected chi connectivity index (χ3v) is 3.68. The normalized spacial score (nSPS) is 18.0. The Labute approximate surface area is 127 Å². The Kier molecular flexibility index (Phi) is 3.56. The van der Waals surface area contributed by atoms with E-state index < -0.39 is 6.17 Å². The molecule has 0 saturated carbocycles. The van der Waals surface area contributed by atoms with Crippen molar-refractivity contribution in [3.63, 3.8) is 0 Å². The van der Waals surface area contributed by atoms with Gasteiger partial charge in [0.15, 0.2) is 0 Å². The summed E-state index contributed by atoms with van der Waals surface area (Å²) < 4.78 is 14.8. The molecule has 1 heterocycles. The van der Waals surface area contributed by atoms with Crippen LogP contribution >= 0.6 is 0 Å². The van der Waals surface area contributed by atoms with Crippen LogP contribution in [-0.4, -0.2) is 20.8 Å². The van der Waals surface area contributed by atoms with Gasteiger partial charge in [-0.05, 0) is 24.3 Å².